The zero-order valence-corrected chi connectivity index (χ0v) is 11.1. The van der Waals surface area contributed by atoms with E-state index in [0.29, 0.717) is 6.54 Å². The van der Waals surface area contributed by atoms with Crippen molar-refractivity contribution >= 4 is 23.3 Å². The van der Waals surface area contributed by atoms with Crippen LogP contribution >= 0.6 is 0 Å². The number of nitrogens with one attached hydrogen (secondary N) is 1. The largest absolute Gasteiger partial charge is 0.478 e. The Kier molecular flexibility index (Phi) is 5.15. The quantitative estimate of drug-likeness (QED) is 0.598. The van der Waals surface area contributed by atoms with E-state index in [1.54, 1.807) is 0 Å². The van der Waals surface area contributed by atoms with Crippen LogP contribution in [0, 0.1) is 10.1 Å². The number of carboxylic acids is 1. The number of nitro groups is 1. The molecule has 0 atom stereocenters. The molecule has 0 fully saturated rings. The molecule has 0 heterocycles. The third-order valence-corrected chi connectivity index (χ3v) is 2.50. The van der Waals surface area contributed by atoms with Crippen molar-refractivity contribution in [2.75, 3.05) is 26.0 Å². The van der Waals surface area contributed by atoms with Crippen molar-refractivity contribution < 1.29 is 19.6 Å². The van der Waals surface area contributed by atoms with E-state index in [9.17, 15) is 19.7 Å². The lowest BCUT2D eigenvalue weighted by Crippen LogP contribution is -2.21. The molecule has 1 aromatic rings. The minimum atomic E-state index is -1.34. The minimum Gasteiger partial charge on any atom is -0.478 e. The van der Waals surface area contributed by atoms with Crippen LogP contribution in [-0.2, 0) is 4.79 Å². The van der Waals surface area contributed by atoms with Crippen LogP contribution in [0.3, 0.4) is 0 Å². The second kappa shape index (κ2) is 6.62. The average molecular weight is 281 g/mol. The van der Waals surface area contributed by atoms with Gasteiger partial charge >= 0.3 is 5.97 Å². The Balaban J connectivity index is 2.92. The van der Waals surface area contributed by atoms with E-state index >= 15 is 0 Å². The van der Waals surface area contributed by atoms with E-state index < -0.39 is 10.9 Å². The van der Waals surface area contributed by atoms with E-state index in [1.807, 2.05) is 19.0 Å². The number of carbonyl (C=O) groups is 2. The highest BCUT2D eigenvalue weighted by Crippen LogP contribution is 2.22. The molecule has 2 N–H and O–H groups in total. The van der Waals surface area contributed by atoms with Crippen LogP contribution in [0.2, 0.25) is 0 Å². The highest BCUT2D eigenvalue weighted by atomic mass is 16.6. The van der Waals surface area contributed by atoms with Crippen LogP contribution in [0.15, 0.2) is 18.2 Å². The number of non-ortho nitro benzene ring substituents is 1. The number of aromatic carboxylic acids is 1. The topological polar surface area (TPSA) is 113 Å². The number of nitrogens with zero attached hydrogens (tertiary/aromatic N) is 2. The number of nitro benzene ring substituents is 1. The van der Waals surface area contributed by atoms with Gasteiger partial charge in [0.05, 0.1) is 16.2 Å². The summed E-state index contributed by atoms with van der Waals surface area (Å²) >= 11 is 0. The average Bonchev–Trinajstić information content (AvgIpc) is 2.36. The Morgan fingerprint density at radius 1 is 1.40 bits per heavy atom. The van der Waals surface area contributed by atoms with Gasteiger partial charge in [-0.2, -0.15) is 0 Å². The highest BCUT2D eigenvalue weighted by Gasteiger charge is 2.17. The first-order valence-corrected chi connectivity index (χ1v) is 5.77. The summed E-state index contributed by atoms with van der Waals surface area (Å²) in [6.07, 6.45) is 0.197. The Labute approximate surface area is 115 Å². The van der Waals surface area contributed by atoms with E-state index in [2.05, 4.69) is 5.32 Å². The highest BCUT2D eigenvalue weighted by molar-refractivity contribution is 6.01. The summed E-state index contributed by atoms with van der Waals surface area (Å²) in [6, 6.07) is 3.28. The van der Waals surface area contributed by atoms with Crippen molar-refractivity contribution in [3.05, 3.63) is 33.9 Å². The summed E-state index contributed by atoms with van der Waals surface area (Å²) in [4.78, 5) is 34.4. The standard InChI is InChI=1S/C12H15N3O5/c1-14(2)6-5-11(16)13-10-4-3-8(15(19)20)7-9(10)12(17)18/h3-4,7H,5-6H2,1-2H3,(H,13,16)(H,17,18). The summed E-state index contributed by atoms with van der Waals surface area (Å²) in [7, 11) is 3.61. The first kappa shape index (κ1) is 15.6. The second-order valence-electron chi connectivity index (χ2n) is 4.39. The number of hydrogen-bond acceptors (Lipinski definition) is 5. The normalized spacial score (nSPS) is 10.3. The molecular weight excluding hydrogens is 266 g/mol. The zero-order chi connectivity index (χ0) is 15.3. The monoisotopic (exact) mass is 281 g/mol. The van der Waals surface area contributed by atoms with Crippen molar-refractivity contribution in [1.82, 2.24) is 4.90 Å². The van der Waals surface area contributed by atoms with Crippen LogP contribution in [0.5, 0.6) is 0 Å². The molecule has 8 heteroatoms. The molecule has 108 valence electrons. The van der Waals surface area contributed by atoms with Crippen molar-refractivity contribution in [1.29, 1.82) is 0 Å². The molecule has 0 aliphatic heterocycles. The van der Waals surface area contributed by atoms with Crippen LogP contribution in [-0.4, -0.2) is 47.4 Å². The summed E-state index contributed by atoms with van der Waals surface area (Å²) in [5.74, 6) is -1.69. The molecule has 1 rings (SSSR count). The van der Waals surface area contributed by atoms with Gasteiger partial charge in [-0.05, 0) is 20.2 Å². The van der Waals surface area contributed by atoms with Crippen molar-refractivity contribution in [3.63, 3.8) is 0 Å². The van der Waals surface area contributed by atoms with Gasteiger partial charge in [-0.1, -0.05) is 0 Å². The molecule has 0 unspecified atom stereocenters. The molecule has 1 amide bonds. The molecule has 8 nitrogen and oxygen atoms in total. The first-order valence-electron chi connectivity index (χ1n) is 5.77. The zero-order valence-electron chi connectivity index (χ0n) is 11.1. The smallest absolute Gasteiger partial charge is 0.338 e. The number of anilines is 1. The summed E-state index contributed by atoms with van der Waals surface area (Å²) < 4.78 is 0. The number of carboxylic acid groups (broad SMARTS) is 1. The third kappa shape index (κ3) is 4.32. The maximum absolute atomic E-state index is 11.6. The maximum Gasteiger partial charge on any atom is 0.338 e. The summed E-state index contributed by atoms with van der Waals surface area (Å²) in [6.45, 7) is 0.515. The molecule has 0 saturated carbocycles. The van der Waals surface area contributed by atoms with Crippen LogP contribution in [0.4, 0.5) is 11.4 Å². The van der Waals surface area contributed by atoms with E-state index in [0.717, 1.165) is 12.1 Å². The van der Waals surface area contributed by atoms with Gasteiger partial charge in [-0.3, -0.25) is 14.9 Å². The van der Waals surface area contributed by atoms with Crippen molar-refractivity contribution in [2.24, 2.45) is 0 Å². The predicted molar refractivity (Wildman–Crippen MR) is 71.9 cm³/mol. The Hall–Kier alpha value is -2.48. The molecule has 0 saturated heterocycles. The lowest BCUT2D eigenvalue weighted by molar-refractivity contribution is -0.384. The number of amides is 1. The molecule has 0 spiro atoms. The van der Waals surface area contributed by atoms with Crippen LogP contribution in [0.25, 0.3) is 0 Å². The molecule has 0 radical (unpaired) electrons. The van der Waals surface area contributed by atoms with Gasteiger partial charge in [0.1, 0.15) is 0 Å². The number of benzene rings is 1. The van der Waals surface area contributed by atoms with Gasteiger partial charge in [0, 0.05) is 25.1 Å². The number of rotatable bonds is 6. The van der Waals surface area contributed by atoms with Crippen LogP contribution in [0.1, 0.15) is 16.8 Å². The Morgan fingerprint density at radius 2 is 2.05 bits per heavy atom. The summed E-state index contributed by atoms with van der Waals surface area (Å²) in [5, 5.41) is 22.1. The lowest BCUT2D eigenvalue weighted by Gasteiger charge is -2.11. The van der Waals surface area contributed by atoms with Crippen molar-refractivity contribution in [3.8, 4) is 0 Å². The minimum absolute atomic E-state index is 0.0480. The molecule has 20 heavy (non-hydrogen) atoms. The number of carbonyl (C=O) groups excluding carboxylic acids is 1. The van der Waals surface area contributed by atoms with E-state index in [4.69, 9.17) is 5.11 Å². The molecular formula is C12H15N3O5. The molecule has 0 aliphatic carbocycles. The van der Waals surface area contributed by atoms with E-state index in [-0.39, 0.29) is 29.3 Å². The van der Waals surface area contributed by atoms with Crippen molar-refractivity contribution in [2.45, 2.75) is 6.42 Å². The molecule has 0 aromatic heterocycles. The Morgan fingerprint density at radius 3 is 2.55 bits per heavy atom. The SMILES string of the molecule is CN(C)CCC(=O)Nc1ccc([N+](=O)[O-])cc1C(=O)O. The van der Waals surface area contributed by atoms with Crippen LogP contribution < -0.4 is 5.32 Å². The molecule has 0 bridgehead atoms. The third-order valence-electron chi connectivity index (χ3n) is 2.50. The fourth-order valence-electron chi connectivity index (χ4n) is 1.47. The maximum atomic E-state index is 11.6. The van der Waals surface area contributed by atoms with E-state index in [1.165, 1.54) is 6.07 Å². The van der Waals surface area contributed by atoms with Gasteiger partial charge in [0.15, 0.2) is 0 Å². The van der Waals surface area contributed by atoms with Gasteiger partial charge in [-0.15, -0.1) is 0 Å². The lowest BCUT2D eigenvalue weighted by atomic mass is 10.1. The first-order chi connectivity index (χ1) is 9.31. The van der Waals surface area contributed by atoms with Gasteiger partial charge in [0.2, 0.25) is 5.91 Å². The predicted octanol–water partition coefficient (Wildman–Crippen LogP) is 1.18. The van der Waals surface area contributed by atoms with Gasteiger partial charge < -0.3 is 15.3 Å². The van der Waals surface area contributed by atoms with Gasteiger partial charge in [-0.25, -0.2) is 4.79 Å². The summed E-state index contributed by atoms with van der Waals surface area (Å²) in [5.41, 5.74) is -0.599. The molecule has 0 aliphatic rings. The van der Waals surface area contributed by atoms with Gasteiger partial charge in [0.25, 0.3) is 5.69 Å². The fraction of sp³-hybridized carbons (Fsp3) is 0.333. The Bertz CT molecular complexity index is 542. The fourth-order valence-corrected chi connectivity index (χ4v) is 1.47. The number of hydrogen-bond donors (Lipinski definition) is 2. The molecule has 1 aromatic carbocycles. The second-order valence-corrected chi connectivity index (χ2v) is 4.39.